The molecule has 3 aliphatic rings. The van der Waals surface area contributed by atoms with Crippen molar-refractivity contribution >= 4 is 15.9 Å². The first-order valence-corrected chi connectivity index (χ1v) is 11.9. The van der Waals surface area contributed by atoms with Gasteiger partial charge in [0.1, 0.15) is 0 Å². The number of carbonyl (C=O) groups excluding carboxylic acids is 1. The Kier molecular flexibility index (Phi) is 5.44. The monoisotopic (exact) mass is 426 g/mol. The van der Waals surface area contributed by atoms with E-state index in [0.717, 1.165) is 23.7 Å². The fourth-order valence-corrected chi connectivity index (χ4v) is 6.75. The minimum atomic E-state index is -4.06. The maximum absolute atomic E-state index is 13.6. The van der Waals surface area contributed by atoms with Gasteiger partial charge in [0, 0.05) is 31.6 Å². The predicted octanol–water partition coefficient (Wildman–Crippen LogP) is 3.68. The summed E-state index contributed by atoms with van der Waals surface area (Å²) in [4.78, 5) is 14.9. The first-order chi connectivity index (χ1) is 13.7. The number of rotatable bonds is 3. The maximum Gasteiger partial charge on any atom is 0.262 e. The van der Waals surface area contributed by atoms with Crippen LogP contribution >= 0.6 is 0 Å². The molecule has 1 aromatic carbocycles. The van der Waals surface area contributed by atoms with Gasteiger partial charge in [-0.3, -0.25) is 4.79 Å². The summed E-state index contributed by atoms with van der Waals surface area (Å²) in [7, 11) is -4.06. The molecule has 2 aliphatic heterocycles. The Hall–Kier alpha value is -1.54. The summed E-state index contributed by atoms with van der Waals surface area (Å²) in [5.74, 6) is -1.95. The molecule has 0 N–H and O–H groups in total. The third-order valence-corrected chi connectivity index (χ3v) is 8.75. The maximum atomic E-state index is 13.6. The van der Waals surface area contributed by atoms with Gasteiger partial charge in [0.15, 0.2) is 0 Å². The van der Waals surface area contributed by atoms with Crippen LogP contribution in [0.15, 0.2) is 23.1 Å². The summed E-state index contributed by atoms with van der Waals surface area (Å²) < 4.78 is 53.9. The highest BCUT2D eigenvalue weighted by atomic mass is 32.2. The van der Waals surface area contributed by atoms with Crippen LogP contribution in [0.5, 0.6) is 0 Å². The fourth-order valence-electron chi connectivity index (χ4n) is 5.03. The van der Waals surface area contributed by atoms with Crippen molar-refractivity contribution in [1.82, 2.24) is 9.21 Å². The van der Waals surface area contributed by atoms with Crippen LogP contribution in [0.4, 0.5) is 8.78 Å². The highest BCUT2D eigenvalue weighted by Gasteiger charge is 2.44. The fraction of sp³-hybridized carbons (Fsp3) is 0.667. The molecular weight excluding hydrogens is 398 g/mol. The van der Waals surface area contributed by atoms with Crippen LogP contribution in [0.3, 0.4) is 0 Å². The summed E-state index contributed by atoms with van der Waals surface area (Å²) in [6.07, 6.45) is 5.38. The number of halogens is 2. The van der Waals surface area contributed by atoms with Crippen molar-refractivity contribution in [2.75, 3.05) is 26.2 Å². The zero-order valence-corrected chi connectivity index (χ0v) is 17.6. The molecule has 1 saturated carbocycles. The smallest absolute Gasteiger partial charge is 0.262 e. The molecule has 1 aliphatic carbocycles. The van der Waals surface area contributed by atoms with Crippen LogP contribution in [-0.4, -0.2) is 55.6 Å². The molecule has 29 heavy (non-hydrogen) atoms. The lowest BCUT2D eigenvalue weighted by molar-refractivity contribution is 0.0183. The molecule has 2 saturated heterocycles. The van der Waals surface area contributed by atoms with Gasteiger partial charge in [0.25, 0.3) is 11.8 Å². The van der Waals surface area contributed by atoms with E-state index in [4.69, 9.17) is 0 Å². The third kappa shape index (κ3) is 4.06. The molecule has 0 aromatic heterocycles. The van der Waals surface area contributed by atoms with Crippen LogP contribution in [0.2, 0.25) is 0 Å². The number of alkyl halides is 2. The van der Waals surface area contributed by atoms with E-state index in [0.29, 0.717) is 29.5 Å². The van der Waals surface area contributed by atoms with Crippen LogP contribution in [0.25, 0.3) is 0 Å². The van der Waals surface area contributed by atoms with Gasteiger partial charge in [-0.05, 0) is 49.3 Å². The second kappa shape index (κ2) is 7.61. The van der Waals surface area contributed by atoms with Crippen LogP contribution in [0, 0.1) is 18.8 Å². The number of hydrogen-bond donors (Lipinski definition) is 0. The Morgan fingerprint density at radius 2 is 1.83 bits per heavy atom. The molecule has 0 radical (unpaired) electrons. The Bertz CT molecular complexity index is 903. The van der Waals surface area contributed by atoms with E-state index in [-0.39, 0.29) is 17.3 Å². The third-order valence-electron chi connectivity index (χ3n) is 6.77. The molecule has 0 bridgehead atoms. The number of aryl methyl sites for hydroxylation is 1. The van der Waals surface area contributed by atoms with Crippen molar-refractivity contribution in [3.8, 4) is 0 Å². The number of hydrogen-bond acceptors (Lipinski definition) is 3. The lowest BCUT2D eigenvalue weighted by atomic mass is 9.75. The number of nitrogens with zero attached hydrogens (tertiary/aromatic N) is 2. The van der Waals surface area contributed by atoms with E-state index >= 15 is 0 Å². The summed E-state index contributed by atoms with van der Waals surface area (Å²) >= 11 is 0. The number of piperidine rings is 1. The molecule has 5 nitrogen and oxygen atoms in total. The van der Waals surface area contributed by atoms with E-state index in [1.54, 1.807) is 19.1 Å². The first-order valence-electron chi connectivity index (χ1n) is 10.5. The Morgan fingerprint density at radius 3 is 2.52 bits per heavy atom. The van der Waals surface area contributed by atoms with Gasteiger partial charge in [-0.15, -0.1) is 0 Å². The normalized spacial score (nSPS) is 27.6. The Labute approximate surface area is 171 Å². The number of benzene rings is 1. The number of carbonyl (C=O) groups is 1. The average Bonchev–Trinajstić information content (AvgIpc) is 3.08. The minimum Gasteiger partial charge on any atom is -0.338 e. The molecular formula is C21H28F2N2O3S. The van der Waals surface area contributed by atoms with Crippen molar-refractivity contribution in [3.05, 3.63) is 29.3 Å². The van der Waals surface area contributed by atoms with Crippen LogP contribution < -0.4 is 0 Å². The number of fused-ring (bicyclic) bond motifs is 1. The lowest BCUT2D eigenvalue weighted by Crippen LogP contribution is -2.44. The average molecular weight is 427 g/mol. The number of sulfonamides is 1. The molecule has 1 amide bonds. The molecule has 8 heteroatoms. The van der Waals surface area contributed by atoms with Crippen molar-refractivity contribution in [3.63, 3.8) is 0 Å². The standard InChI is InChI=1S/C21H28F2N2O3S/c1-15-6-7-17(12-19(15)29(27,28)25-11-9-21(22,23)14-25)20(26)24-10-8-16-4-2-3-5-18(16)13-24/h6-7,12,16,18H,2-5,8-11,13-14H2,1H3. The van der Waals surface area contributed by atoms with Gasteiger partial charge < -0.3 is 4.90 Å². The lowest BCUT2D eigenvalue weighted by Gasteiger charge is -2.41. The second-order valence-electron chi connectivity index (χ2n) is 8.77. The molecule has 3 fully saturated rings. The zero-order valence-electron chi connectivity index (χ0n) is 16.7. The van der Waals surface area contributed by atoms with E-state index in [9.17, 15) is 22.0 Å². The number of likely N-dealkylation sites (tertiary alicyclic amines) is 1. The minimum absolute atomic E-state index is 0.0476. The van der Waals surface area contributed by atoms with Crippen molar-refractivity contribution in [2.45, 2.75) is 56.3 Å². The summed E-state index contributed by atoms with van der Waals surface area (Å²) in [6, 6.07) is 4.61. The predicted molar refractivity (Wildman–Crippen MR) is 105 cm³/mol. The first kappa shape index (κ1) is 20.7. The Balaban J connectivity index is 1.56. The summed E-state index contributed by atoms with van der Waals surface area (Å²) in [5, 5.41) is 0. The largest absolute Gasteiger partial charge is 0.338 e. The van der Waals surface area contributed by atoms with Gasteiger partial charge in [-0.25, -0.2) is 17.2 Å². The van der Waals surface area contributed by atoms with Gasteiger partial charge in [-0.1, -0.05) is 25.3 Å². The molecule has 160 valence electrons. The highest BCUT2D eigenvalue weighted by Crippen LogP contribution is 2.37. The zero-order chi connectivity index (χ0) is 20.8. The van der Waals surface area contributed by atoms with E-state index < -0.39 is 28.9 Å². The van der Waals surface area contributed by atoms with Gasteiger partial charge in [0.05, 0.1) is 11.4 Å². The van der Waals surface area contributed by atoms with Crippen LogP contribution in [-0.2, 0) is 10.0 Å². The molecule has 2 unspecified atom stereocenters. The van der Waals surface area contributed by atoms with Crippen molar-refractivity contribution in [1.29, 1.82) is 0 Å². The molecule has 4 rings (SSSR count). The topological polar surface area (TPSA) is 57.7 Å². The van der Waals surface area contributed by atoms with Crippen molar-refractivity contribution in [2.24, 2.45) is 11.8 Å². The molecule has 2 atom stereocenters. The molecule has 1 aromatic rings. The van der Waals surface area contributed by atoms with Crippen LogP contribution in [0.1, 0.15) is 54.4 Å². The Morgan fingerprint density at radius 1 is 1.10 bits per heavy atom. The summed E-state index contributed by atoms with van der Waals surface area (Å²) in [6.45, 7) is 2.03. The second-order valence-corrected chi connectivity index (χ2v) is 10.7. The van der Waals surface area contributed by atoms with Gasteiger partial charge >= 0.3 is 0 Å². The highest BCUT2D eigenvalue weighted by molar-refractivity contribution is 7.89. The quantitative estimate of drug-likeness (QED) is 0.741. The van der Waals surface area contributed by atoms with E-state index in [1.807, 2.05) is 4.90 Å². The molecule has 0 spiro atoms. The molecule has 2 heterocycles. The van der Waals surface area contributed by atoms with E-state index in [1.165, 1.54) is 25.3 Å². The van der Waals surface area contributed by atoms with Gasteiger partial charge in [0.2, 0.25) is 10.0 Å². The summed E-state index contributed by atoms with van der Waals surface area (Å²) in [5.41, 5.74) is 0.775. The number of amides is 1. The van der Waals surface area contributed by atoms with E-state index in [2.05, 4.69) is 0 Å². The van der Waals surface area contributed by atoms with Crippen molar-refractivity contribution < 1.29 is 22.0 Å². The SMILES string of the molecule is Cc1ccc(C(=O)N2CCC3CCCCC3C2)cc1S(=O)(=O)N1CCC(F)(F)C1. The van der Waals surface area contributed by atoms with Gasteiger partial charge in [-0.2, -0.15) is 4.31 Å².